The van der Waals surface area contributed by atoms with Crippen LogP contribution in [0.15, 0.2) is 29.8 Å². The van der Waals surface area contributed by atoms with E-state index in [1.807, 2.05) is 6.08 Å². The normalized spacial score (nSPS) is 14.4. The first kappa shape index (κ1) is 11.7. The van der Waals surface area contributed by atoms with E-state index in [1.165, 1.54) is 0 Å². The molecule has 1 aliphatic carbocycles. The zero-order valence-electron chi connectivity index (χ0n) is 10.2. The second kappa shape index (κ2) is 5.04. The Kier molecular flexibility index (Phi) is 3.47. The van der Waals surface area contributed by atoms with Gasteiger partial charge in [-0.15, -0.1) is 0 Å². The molecule has 3 heteroatoms. The maximum Gasteiger partial charge on any atom is 0.192 e. The number of ketones is 1. The lowest BCUT2D eigenvalue weighted by atomic mass is 10.0. The number of carbonyl (C=O) groups is 1. The van der Waals surface area contributed by atoms with Crippen molar-refractivity contribution < 1.29 is 14.3 Å². The second-order valence-electron chi connectivity index (χ2n) is 4.02. The average molecular weight is 232 g/mol. The predicted octanol–water partition coefficient (Wildman–Crippen LogP) is 3.00. The molecule has 0 heterocycles. The van der Waals surface area contributed by atoms with E-state index in [4.69, 9.17) is 9.47 Å². The van der Waals surface area contributed by atoms with Crippen LogP contribution in [-0.2, 0) is 0 Å². The van der Waals surface area contributed by atoms with Gasteiger partial charge in [-0.2, -0.15) is 0 Å². The molecule has 1 aliphatic rings. The number of hydrogen-bond acceptors (Lipinski definition) is 3. The topological polar surface area (TPSA) is 35.5 Å². The quantitative estimate of drug-likeness (QED) is 0.748. The van der Waals surface area contributed by atoms with Crippen LogP contribution in [0.1, 0.15) is 29.6 Å². The van der Waals surface area contributed by atoms with Gasteiger partial charge in [0.2, 0.25) is 0 Å². The van der Waals surface area contributed by atoms with Crippen molar-refractivity contribution >= 4 is 5.78 Å². The number of ether oxygens (including phenoxy) is 2. The smallest absolute Gasteiger partial charge is 0.192 e. The molecular formula is C14H16O3. The van der Waals surface area contributed by atoms with Crippen molar-refractivity contribution in [2.24, 2.45) is 0 Å². The van der Waals surface area contributed by atoms with E-state index in [0.29, 0.717) is 17.1 Å². The highest BCUT2D eigenvalue weighted by molar-refractivity contribution is 6.10. The highest BCUT2D eigenvalue weighted by Crippen LogP contribution is 2.29. The lowest BCUT2D eigenvalue weighted by molar-refractivity contribution is 0.102. The third-order valence-corrected chi connectivity index (χ3v) is 2.98. The fourth-order valence-electron chi connectivity index (χ4n) is 2.04. The third kappa shape index (κ3) is 2.33. The van der Waals surface area contributed by atoms with E-state index in [9.17, 15) is 4.79 Å². The minimum Gasteiger partial charge on any atom is -0.497 e. The molecule has 0 saturated carbocycles. The van der Waals surface area contributed by atoms with Gasteiger partial charge in [0.1, 0.15) is 11.5 Å². The van der Waals surface area contributed by atoms with Crippen molar-refractivity contribution in [1.82, 2.24) is 0 Å². The fourth-order valence-corrected chi connectivity index (χ4v) is 2.04. The van der Waals surface area contributed by atoms with Gasteiger partial charge in [-0.1, -0.05) is 6.08 Å². The van der Waals surface area contributed by atoms with Gasteiger partial charge < -0.3 is 9.47 Å². The number of allylic oxidation sites excluding steroid dienone is 2. The lowest BCUT2D eigenvalue weighted by Gasteiger charge is -2.10. The molecule has 17 heavy (non-hydrogen) atoms. The minimum absolute atomic E-state index is 0.0539. The van der Waals surface area contributed by atoms with Gasteiger partial charge in [0, 0.05) is 0 Å². The van der Waals surface area contributed by atoms with Gasteiger partial charge in [0.25, 0.3) is 0 Å². The van der Waals surface area contributed by atoms with Crippen molar-refractivity contribution in [2.45, 2.75) is 19.3 Å². The largest absolute Gasteiger partial charge is 0.497 e. The molecule has 0 saturated heterocycles. The molecule has 1 aromatic rings. The first-order valence-electron chi connectivity index (χ1n) is 5.72. The third-order valence-electron chi connectivity index (χ3n) is 2.98. The standard InChI is InChI=1S/C14H16O3/c1-16-11-7-8-13(17-2)12(9-11)14(15)10-5-3-4-6-10/h5,7-9H,3-4,6H2,1-2H3. The second-order valence-corrected chi connectivity index (χ2v) is 4.02. The summed E-state index contributed by atoms with van der Waals surface area (Å²) in [5, 5.41) is 0. The van der Waals surface area contributed by atoms with Crippen molar-refractivity contribution in [1.29, 1.82) is 0 Å². The Bertz CT molecular complexity index is 461. The van der Waals surface area contributed by atoms with Gasteiger partial charge in [0.05, 0.1) is 19.8 Å². The highest BCUT2D eigenvalue weighted by Gasteiger charge is 2.19. The van der Waals surface area contributed by atoms with Crippen molar-refractivity contribution in [2.75, 3.05) is 14.2 Å². The summed E-state index contributed by atoms with van der Waals surface area (Å²) >= 11 is 0. The molecule has 90 valence electrons. The van der Waals surface area contributed by atoms with Crippen molar-refractivity contribution in [3.63, 3.8) is 0 Å². The van der Waals surface area contributed by atoms with E-state index in [-0.39, 0.29) is 5.78 Å². The number of hydrogen-bond donors (Lipinski definition) is 0. The van der Waals surface area contributed by atoms with Crippen molar-refractivity contribution in [3.05, 3.63) is 35.4 Å². The predicted molar refractivity (Wildman–Crippen MR) is 65.8 cm³/mol. The van der Waals surface area contributed by atoms with Crippen LogP contribution in [0.2, 0.25) is 0 Å². The average Bonchev–Trinajstić information content (AvgIpc) is 2.91. The molecule has 0 amide bonds. The summed E-state index contributed by atoms with van der Waals surface area (Å²) in [7, 11) is 3.16. The number of rotatable bonds is 4. The van der Waals surface area contributed by atoms with E-state index < -0.39 is 0 Å². The summed E-state index contributed by atoms with van der Waals surface area (Å²) in [6, 6.07) is 5.29. The summed E-state index contributed by atoms with van der Waals surface area (Å²) in [5.41, 5.74) is 1.47. The summed E-state index contributed by atoms with van der Waals surface area (Å²) in [6.45, 7) is 0. The van der Waals surface area contributed by atoms with Crippen LogP contribution in [0.3, 0.4) is 0 Å². The Morgan fingerprint density at radius 3 is 2.65 bits per heavy atom. The molecule has 0 unspecified atom stereocenters. The SMILES string of the molecule is COc1ccc(OC)c(C(=O)C2=CCCC2)c1. The monoisotopic (exact) mass is 232 g/mol. The van der Waals surface area contributed by atoms with Crippen molar-refractivity contribution in [3.8, 4) is 11.5 Å². The number of carbonyl (C=O) groups excluding carboxylic acids is 1. The molecule has 0 aromatic heterocycles. The van der Waals surface area contributed by atoms with Crippen LogP contribution in [0, 0.1) is 0 Å². The molecule has 0 atom stereocenters. The summed E-state index contributed by atoms with van der Waals surface area (Å²) in [4.78, 5) is 12.3. The van der Waals surface area contributed by atoms with Crippen LogP contribution in [0.4, 0.5) is 0 Å². The Balaban J connectivity index is 2.38. The van der Waals surface area contributed by atoms with E-state index in [2.05, 4.69) is 0 Å². The number of methoxy groups -OCH3 is 2. The summed E-state index contributed by atoms with van der Waals surface area (Å²) in [5.74, 6) is 1.33. The van der Waals surface area contributed by atoms with Gasteiger partial charge in [-0.3, -0.25) is 4.79 Å². The Morgan fingerprint density at radius 1 is 1.24 bits per heavy atom. The molecule has 0 fully saturated rings. The van der Waals surface area contributed by atoms with Gasteiger partial charge >= 0.3 is 0 Å². The van der Waals surface area contributed by atoms with Gasteiger partial charge in [-0.05, 0) is 43.0 Å². The van der Waals surface area contributed by atoms with E-state index in [1.54, 1.807) is 32.4 Å². The van der Waals surface area contributed by atoms with E-state index >= 15 is 0 Å². The van der Waals surface area contributed by atoms with Gasteiger partial charge in [-0.25, -0.2) is 0 Å². The molecule has 0 N–H and O–H groups in total. The lowest BCUT2D eigenvalue weighted by Crippen LogP contribution is -2.04. The fraction of sp³-hybridized carbons (Fsp3) is 0.357. The molecule has 0 bridgehead atoms. The molecule has 0 spiro atoms. The maximum absolute atomic E-state index is 12.3. The molecule has 3 nitrogen and oxygen atoms in total. The number of Topliss-reactive ketones (excluding diaryl/α,β-unsaturated/α-hetero) is 1. The molecule has 2 rings (SSSR count). The maximum atomic E-state index is 12.3. The number of benzene rings is 1. The zero-order chi connectivity index (χ0) is 12.3. The Labute approximate surface area is 101 Å². The highest BCUT2D eigenvalue weighted by atomic mass is 16.5. The van der Waals surface area contributed by atoms with E-state index in [0.717, 1.165) is 24.8 Å². The minimum atomic E-state index is 0.0539. The van der Waals surface area contributed by atoms with Gasteiger partial charge in [0.15, 0.2) is 5.78 Å². The van der Waals surface area contributed by atoms with Crippen LogP contribution >= 0.6 is 0 Å². The van der Waals surface area contributed by atoms with Crippen LogP contribution in [-0.4, -0.2) is 20.0 Å². The van der Waals surface area contributed by atoms with Crippen LogP contribution < -0.4 is 9.47 Å². The summed E-state index contributed by atoms with van der Waals surface area (Å²) < 4.78 is 10.4. The Hall–Kier alpha value is -1.77. The zero-order valence-corrected chi connectivity index (χ0v) is 10.2. The van der Waals surface area contributed by atoms with Crippen LogP contribution in [0.5, 0.6) is 11.5 Å². The molecule has 0 radical (unpaired) electrons. The molecule has 1 aromatic carbocycles. The first-order valence-corrected chi connectivity index (χ1v) is 5.72. The Morgan fingerprint density at radius 2 is 2.06 bits per heavy atom. The summed E-state index contributed by atoms with van der Waals surface area (Å²) in [6.07, 6.45) is 4.93. The van der Waals surface area contributed by atoms with Crippen LogP contribution in [0.25, 0.3) is 0 Å². The molecular weight excluding hydrogens is 216 g/mol. The first-order chi connectivity index (χ1) is 8.26. The molecule has 0 aliphatic heterocycles.